The monoisotopic (exact) mass is 477 g/mol. The number of nitrogens with one attached hydrogen (secondary N) is 1. The normalized spacial score (nSPS) is 17.9. The molecular weight excluding hydrogens is 448 g/mol. The van der Waals surface area contributed by atoms with Gasteiger partial charge in [-0.15, -0.1) is 0 Å². The Morgan fingerprint density at radius 3 is 2.12 bits per heavy atom. The van der Waals surface area contributed by atoms with E-state index in [4.69, 9.17) is 0 Å². The minimum absolute atomic E-state index is 0.0148. The lowest BCUT2D eigenvalue weighted by atomic mass is 10.0. The second kappa shape index (κ2) is 9.87. The van der Waals surface area contributed by atoms with Crippen molar-refractivity contribution >= 4 is 21.6 Å². The summed E-state index contributed by atoms with van der Waals surface area (Å²) in [7, 11) is -3.70. The number of nitrogens with zero attached hydrogens (tertiary/aromatic N) is 2. The molecule has 1 saturated carbocycles. The number of carbonyl (C=O) groups is 1. The standard InChI is InChI=1S/C24H29F2N3O3S/c1-2-14-28-15-12-19(13-16-28)29(18-8-9-18)33(31,32)20-10-6-17(7-11-20)27-24(30)23-21(25)4-3-5-22(23)26/h3-7,10-11,18-19H,2,8-9,12-16H2,1H3,(H,27,30). The molecule has 2 aliphatic rings. The maximum absolute atomic E-state index is 13.8. The molecule has 6 nitrogen and oxygen atoms in total. The van der Waals surface area contributed by atoms with Crippen molar-refractivity contribution in [2.45, 2.75) is 56.0 Å². The van der Waals surface area contributed by atoms with Crippen molar-refractivity contribution in [2.24, 2.45) is 0 Å². The number of carbonyl (C=O) groups excluding carboxylic acids is 1. The van der Waals surface area contributed by atoms with Crippen LogP contribution < -0.4 is 5.32 Å². The van der Waals surface area contributed by atoms with E-state index in [-0.39, 0.29) is 22.7 Å². The third kappa shape index (κ3) is 5.26. The summed E-state index contributed by atoms with van der Waals surface area (Å²) in [5.41, 5.74) is -0.420. The Bertz CT molecular complexity index is 1080. The van der Waals surface area contributed by atoms with Crippen molar-refractivity contribution in [3.8, 4) is 0 Å². The molecule has 0 atom stereocenters. The van der Waals surface area contributed by atoms with Gasteiger partial charge >= 0.3 is 0 Å². The van der Waals surface area contributed by atoms with Gasteiger partial charge in [-0.3, -0.25) is 4.79 Å². The lowest BCUT2D eigenvalue weighted by Crippen LogP contribution is -2.48. The van der Waals surface area contributed by atoms with Gasteiger partial charge in [-0.25, -0.2) is 17.2 Å². The Morgan fingerprint density at radius 1 is 1.00 bits per heavy atom. The highest BCUT2D eigenvalue weighted by Gasteiger charge is 2.43. The molecule has 2 fully saturated rings. The van der Waals surface area contributed by atoms with Crippen LogP contribution in [-0.4, -0.2) is 55.2 Å². The lowest BCUT2D eigenvalue weighted by Gasteiger charge is -2.38. The number of benzene rings is 2. The van der Waals surface area contributed by atoms with Crippen LogP contribution in [0.1, 0.15) is 49.4 Å². The number of rotatable bonds is 8. The fourth-order valence-electron chi connectivity index (χ4n) is 4.47. The van der Waals surface area contributed by atoms with Crippen LogP contribution in [0.4, 0.5) is 14.5 Å². The summed E-state index contributed by atoms with van der Waals surface area (Å²) in [6, 6.07) is 8.98. The Kier molecular flexibility index (Phi) is 7.11. The zero-order chi connectivity index (χ0) is 23.6. The van der Waals surface area contributed by atoms with Crippen LogP contribution in [-0.2, 0) is 10.0 Å². The molecule has 2 aromatic carbocycles. The van der Waals surface area contributed by atoms with Crippen LogP contribution in [0.2, 0.25) is 0 Å². The van der Waals surface area contributed by atoms with Gasteiger partial charge < -0.3 is 10.2 Å². The number of likely N-dealkylation sites (tertiary alicyclic amines) is 1. The van der Waals surface area contributed by atoms with Crippen molar-refractivity contribution in [3.63, 3.8) is 0 Å². The second-order valence-electron chi connectivity index (χ2n) is 8.71. The van der Waals surface area contributed by atoms with E-state index in [1.807, 2.05) is 0 Å². The topological polar surface area (TPSA) is 69.7 Å². The molecule has 0 bridgehead atoms. The average Bonchev–Trinajstić information content (AvgIpc) is 3.60. The predicted molar refractivity (Wildman–Crippen MR) is 123 cm³/mol. The maximum atomic E-state index is 13.8. The summed E-state index contributed by atoms with van der Waals surface area (Å²) in [4.78, 5) is 14.8. The Morgan fingerprint density at radius 2 is 1.58 bits per heavy atom. The van der Waals surface area contributed by atoms with Gasteiger partial charge in [0.25, 0.3) is 5.91 Å². The molecule has 0 radical (unpaired) electrons. The van der Waals surface area contributed by atoms with Gasteiger partial charge in [0, 0.05) is 17.8 Å². The molecule has 0 aromatic heterocycles. The van der Waals surface area contributed by atoms with Crippen LogP contribution in [0, 0.1) is 11.6 Å². The van der Waals surface area contributed by atoms with Gasteiger partial charge in [-0.05, 0) is 88.1 Å². The summed E-state index contributed by atoms with van der Waals surface area (Å²) in [6.07, 6.45) is 4.46. The predicted octanol–water partition coefficient (Wildman–Crippen LogP) is 4.24. The number of amides is 1. The Hall–Kier alpha value is -2.36. The van der Waals surface area contributed by atoms with Crippen molar-refractivity contribution < 1.29 is 22.0 Å². The van der Waals surface area contributed by atoms with Gasteiger partial charge in [0.1, 0.15) is 17.2 Å². The summed E-state index contributed by atoms with van der Waals surface area (Å²) < 4.78 is 56.4. The molecule has 1 N–H and O–H groups in total. The minimum atomic E-state index is -3.70. The number of hydrogen-bond donors (Lipinski definition) is 1. The molecule has 1 amide bonds. The molecule has 1 aliphatic heterocycles. The molecule has 33 heavy (non-hydrogen) atoms. The lowest BCUT2D eigenvalue weighted by molar-refractivity contribution is 0.101. The van der Waals surface area contributed by atoms with Crippen LogP contribution in [0.25, 0.3) is 0 Å². The first-order valence-corrected chi connectivity index (χ1v) is 12.9. The zero-order valence-electron chi connectivity index (χ0n) is 18.6. The number of sulfonamides is 1. The molecule has 1 heterocycles. The molecule has 9 heteroatoms. The van der Waals surface area contributed by atoms with Crippen LogP contribution >= 0.6 is 0 Å². The van der Waals surface area contributed by atoms with Gasteiger partial charge in [0.2, 0.25) is 10.0 Å². The van der Waals surface area contributed by atoms with Crippen LogP contribution in [0.5, 0.6) is 0 Å². The molecule has 1 aliphatic carbocycles. The van der Waals surface area contributed by atoms with Gasteiger partial charge in [-0.1, -0.05) is 13.0 Å². The summed E-state index contributed by atoms with van der Waals surface area (Å²) in [6.45, 7) is 4.97. The third-order valence-corrected chi connectivity index (χ3v) is 8.26. The Balaban J connectivity index is 1.48. The Labute approximate surface area is 193 Å². The molecule has 4 rings (SSSR count). The quantitative estimate of drug-likeness (QED) is 0.617. The van der Waals surface area contributed by atoms with E-state index in [0.29, 0.717) is 0 Å². The van der Waals surface area contributed by atoms with Crippen molar-refractivity contribution in [1.82, 2.24) is 9.21 Å². The highest BCUT2D eigenvalue weighted by molar-refractivity contribution is 7.89. The smallest absolute Gasteiger partial charge is 0.261 e. The van der Waals surface area contributed by atoms with Gasteiger partial charge in [0.15, 0.2) is 0 Å². The van der Waals surface area contributed by atoms with E-state index in [9.17, 15) is 22.0 Å². The molecule has 2 aromatic rings. The van der Waals surface area contributed by atoms with Crippen LogP contribution in [0.3, 0.4) is 0 Å². The minimum Gasteiger partial charge on any atom is -0.322 e. The fourth-order valence-corrected chi connectivity index (χ4v) is 6.40. The first-order chi connectivity index (χ1) is 15.8. The number of anilines is 1. The van der Waals surface area contributed by atoms with Gasteiger partial charge in [0.05, 0.1) is 4.90 Å². The largest absolute Gasteiger partial charge is 0.322 e. The number of piperidine rings is 1. The van der Waals surface area contributed by atoms with E-state index < -0.39 is 33.1 Å². The maximum Gasteiger partial charge on any atom is 0.261 e. The molecule has 178 valence electrons. The number of halogens is 2. The molecule has 1 saturated heterocycles. The van der Waals surface area contributed by atoms with Gasteiger partial charge in [-0.2, -0.15) is 4.31 Å². The van der Waals surface area contributed by atoms with Crippen molar-refractivity contribution in [2.75, 3.05) is 25.0 Å². The van der Waals surface area contributed by atoms with E-state index in [1.165, 1.54) is 30.3 Å². The van der Waals surface area contributed by atoms with E-state index in [2.05, 4.69) is 17.1 Å². The van der Waals surface area contributed by atoms with E-state index >= 15 is 0 Å². The fraction of sp³-hybridized carbons (Fsp3) is 0.458. The van der Waals surface area contributed by atoms with Crippen molar-refractivity contribution in [1.29, 1.82) is 0 Å². The second-order valence-corrected chi connectivity index (χ2v) is 10.6. The highest BCUT2D eigenvalue weighted by Crippen LogP contribution is 2.37. The molecule has 0 spiro atoms. The third-order valence-electron chi connectivity index (χ3n) is 6.24. The molecule has 0 unspecified atom stereocenters. The van der Waals surface area contributed by atoms with Crippen molar-refractivity contribution in [3.05, 3.63) is 59.7 Å². The highest BCUT2D eigenvalue weighted by atomic mass is 32.2. The summed E-state index contributed by atoms with van der Waals surface area (Å²) in [5, 5.41) is 2.43. The summed E-state index contributed by atoms with van der Waals surface area (Å²) in [5.74, 6) is -2.85. The number of hydrogen-bond acceptors (Lipinski definition) is 4. The first kappa shape index (κ1) is 23.8. The van der Waals surface area contributed by atoms with Crippen LogP contribution in [0.15, 0.2) is 47.4 Å². The zero-order valence-corrected chi connectivity index (χ0v) is 19.5. The van der Waals surface area contributed by atoms with E-state index in [1.54, 1.807) is 4.31 Å². The molecular formula is C24H29F2N3O3S. The first-order valence-electron chi connectivity index (χ1n) is 11.4. The SMILES string of the molecule is CCCN1CCC(N(C2CC2)S(=O)(=O)c2ccc(NC(=O)c3c(F)cccc3F)cc2)CC1. The average molecular weight is 478 g/mol. The van der Waals surface area contributed by atoms with E-state index in [0.717, 1.165) is 63.9 Å². The summed E-state index contributed by atoms with van der Waals surface area (Å²) >= 11 is 0.